The molecular weight excluding hydrogens is 112 g/mol. The van der Waals surface area contributed by atoms with E-state index in [4.69, 9.17) is 5.11 Å². The molecule has 0 atom stereocenters. The average Bonchev–Trinajstić information content (AvgIpc) is 1.77. The van der Waals surface area contributed by atoms with Crippen molar-refractivity contribution in [1.82, 2.24) is 10.2 Å². The van der Waals surface area contributed by atoms with E-state index >= 15 is 0 Å². The van der Waals surface area contributed by atoms with Gasteiger partial charge >= 0.3 is 5.76 Å². The molecule has 1 aromatic rings. The number of aromatic hydroxyl groups is 1. The number of aromatic nitrogens is 2. The second-order valence-corrected chi connectivity index (χ2v) is 1.06. The first-order valence-electron chi connectivity index (χ1n) is 1.80. The summed E-state index contributed by atoms with van der Waals surface area (Å²) in [5.74, 6) is -1.22. The molecule has 0 fully saturated rings. The Morgan fingerprint density at radius 2 is 2.38 bits per heavy atom. The summed E-state index contributed by atoms with van der Waals surface area (Å²) >= 11 is 0. The van der Waals surface area contributed by atoms with Gasteiger partial charge in [0.1, 0.15) is 0 Å². The zero-order chi connectivity index (χ0) is 5.98. The van der Waals surface area contributed by atoms with Crippen molar-refractivity contribution in [3.63, 3.8) is 0 Å². The van der Waals surface area contributed by atoms with Crippen LogP contribution in [0, 0.1) is 0 Å². The number of nitrogens with zero attached hydrogens (tertiary/aromatic N) is 2. The molecule has 0 saturated heterocycles. The van der Waals surface area contributed by atoms with E-state index in [1.807, 2.05) is 0 Å². The molecule has 0 amide bonds. The van der Waals surface area contributed by atoms with Crippen molar-refractivity contribution < 1.29 is 9.52 Å². The fraction of sp³-hybridized carbons (Fsp3) is 0. The second-order valence-electron chi connectivity index (χ2n) is 1.06. The lowest BCUT2D eigenvalue weighted by atomic mass is 10.9. The molecule has 0 aliphatic rings. The van der Waals surface area contributed by atoms with Gasteiger partial charge in [-0.3, -0.25) is 0 Å². The minimum Gasteiger partial charge on any atom is -0.490 e. The highest BCUT2D eigenvalue weighted by Gasteiger charge is 1.87. The second kappa shape index (κ2) is 1.61. The monoisotopic (exact) mass is 114 g/mol. The summed E-state index contributed by atoms with van der Waals surface area (Å²) in [6.45, 7) is 0. The maximum Gasteiger partial charge on any atom is 0.457 e. The van der Waals surface area contributed by atoms with Crippen LogP contribution in [0.5, 0.6) is 5.88 Å². The summed E-state index contributed by atoms with van der Waals surface area (Å²) < 4.78 is 4.08. The van der Waals surface area contributed by atoms with E-state index in [9.17, 15) is 4.79 Å². The standard InChI is InChI=1S/C3H2N2O3/c6-2-1-8-3(7)5-4-2/h1,6H. The third-order valence-corrected chi connectivity index (χ3v) is 0.499. The van der Waals surface area contributed by atoms with E-state index in [1.165, 1.54) is 0 Å². The average molecular weight is 114 g/mol. The highest BCUT2D eigenvalue weighted by atomic mass is 16.4. The van der Waals surface area contributed by atoms with Crippen LogP contribution in [-0.2, 0) is 0 Å². The van der Waals surface area contributed by atoms with E-state index in [0.29, 0.717) is 0 Å². The van der Waals surface area contributed by atoms with Crippen LogP contribution in [0.1, 0.15) is 0 Å². The lowest BCUT2D eigenvalue weighted by Gasteiger charge is -1.79. The normalized spacial score (nSPS) is 9.00. The number of rotatable bonds is 0. The first kappa shape index (κ1) is 4.76. The van der Waals surface area contributed by atoms with Gasteiger partial charge in [-0.15, -0.1) is 5.10 Å². The molecule has 0 unspecified atom stereocenters. The molecule has 1 aromatic heterocycles. The zero-order valence-electron chi connectivity index (χ0n) is 3.74. The molecule has 5 nitrogen and oxygen atoms in total. The summed E-state index contributed by atoms with van der Waals surface area (Å²) in [6, 6.07) is 0. The highest BCUT2D eigenvalue weighted by Crippen LogP contribution is 1.91. The summed E-state index contributed by atoms with van der Waals surface area (Å²) in [6.07, 6.45) is 0.815. The Labute approximate surface area is 43.6 Å². The van der Waals surface area contributed by atoms with E-state index in [2.05, 4.69) is 14.6 Å². The molecule has 0 aliphatic heterocycles. The van der Waals surface area contributed by atoms with Gasteiger partial charge < -0.3 is 9.52 Å². The predicted molar refractivity (Wildman–Crippen MR) is 22.2 cm³/mol. The van der Waals surface area contributed by atoms with Gasteiger partial charge in [0.15, 0.2) is 6.26 Å². The third-order valence-electron chi connectivity index (χ3n) is 0.499. The smallest absolute Gasteiger partial charge is 0.457 e. The molecular formula is C3H2N2O3. The maximum atomic E-state index is 9.97. The topological polar surface area (TPSA) is 76.2 Å². The largest absolute Gasteiger partial charge is 0.490 e. The van der Waals surface area contributed by atoms with Crippen molar-refractivity contribution in [2.24, 2.45) is 0 Å². The first-order valence-corrected chi connectivity index (χ1v) is 1.80. The molecule has 0 radical (unpaired) electrons. The summed E-state index contributed by atoms with van der Waals surface area (Å²) in [4.78, 5) is 9.97. The molecule has 8 heavy (non-hydrogen) atoms. The fourth-order valence-electron chi connectivity index (χ4n) is 0.242. The van der Waals surface area contributed by atoms with Gasteiger partial charge in [0, 0.05) is 0 Å². The molecule has 42 valence electrons. The van der Waals surface area contributed by atoms with Crippen LogP contribution in [0.25, 0.3) is 0 Å². The van der Waals surface area contributed by atoms with Crippen LogP contribution in [0.3, 0.4) is 0 Å². The van der Waals surface area contributed by atoms with Gasteiger partial charge in [0.2, 0.25) is 0 Å². The van der Waals surface area contributed by atoms with Crippen LogP contribution >= 0.6 is 0 Å². The zero-order valence-corrected chi connectivity index (χ0v) is 3.74. The Morgan fingerprint density at radius 3 is 2.75 bits per heavy atom. The van der Waals surface area contributed by atoms with Gasteiger partial charge in [-0.1, -0.05) is 5.10 Å². The number of hydrogen-bond donors (Lipinski definition) is 1. The molecule has 1 rings (SSSR count). The number of hydrogen-bond acceptors (Lipinski definition) is 5. The van der Waals surface area contributed by atoms with Crippen LogP contribution in [0.15, 0.2) is 15.5 Å². The Morgan fingerprint density at radius 1 is 1.62 bits per heavy atom. The molecule has 0 aromatic carbocycles. The van der Waals surface area contributed by atoms with Crippen molar-refractivity contribution in [1.29, 1.82) is 0 Å². The molecule has 0 saturated carbocycles. The summed E-state index contributed by atoms with van der Waals surface area (Å²) in [7, 11) is 0. The van der Waals surface area contributed by atoms with E-state index in [0.717, 1.165) is 6.26 Å². The van der Waals surface area contributed by atoms with Crippen LogP contribution in [-0.4, -0.2) is 15.3 Å². The summed E-state index contributed by atoms with van der Waals surface area (Å²) in [5.41, 5.74) is 0. The molecule has 0 aliphatic carbocycles. The van der Waals surface area contributed by atoms with Gasteiger partial charge in [-0.25, -0.2) is 4.79 Å². The molecule has 0 spiro atoms. The van der Waals surface area contributed by atoms with Gasteiger partial charge in [-0.05, 0) is 0 Å². The van der Waals surface area contributed by atoms with Crippen molar-refractivity contribution in [2.45, 2.75) is 0 Å². The summed E-state index contributed by atoms with van der Waals surface area (Å²) in [5, 5.41) is 14.2. The van der Waals surface area contributed by atoms with Crippen molar-refractivity contribution >= 4 is 0 Å². The van der Waals surface area contributed by atoms with Crippen LogP contribution in [0.4, 0.5) is 0 Å². The Hall–Kier alpha value is -1.39. The van der Waals surface area contributed by atoms with Crippen LogP contribution in [0.2, 0.25) is 0 Å². The van der Waals surface area contributed by atoms with Crippen LogP contribution < -0.4 is 5.76 Å². The van der Waals surface area contributed by atoms with Gasteiger partial charge in [-0.2, -0.15) is 0 Å². The van der Waals surface area contributed by atoms with Crippen molar-refractivity contribution in [2.75, 3.05) is 0 Å². The third kappa shape index (κ3) is 0.810. The fourth-order valence-corrected chi connectivity index (χ4v) is 0.242. The van der Waals surface area contributed by atoms with E-state index in [-0.39, 0.29) is 0 Å². The molecule has 1 N–H and O–H groups in total. The Balaban J connectivity index is 3.22. The van der Waals surface area contributed by atoms with E-state index < -0.39 is 11.6 Å². The van der Waals surface area contributed by atoms with Crippen molar-refractivity contribution in [3.8, 4) is 5.88 Å². The molecule has 0 bridgehead atoms. The predicted octanol–water partition coefficient (Wildman–Crippen LogP) is -0.865. The quantitative estimate of drug-likeness (QED) is 0.474. The lowest BCUT2D eigenvalue weighted by Crippen LogP contribution is -2.03. The van der Waals surface area contributed by atoms with Gasteiger partial charge in [0.05, 0.1) is 0 Å². The maximum absolute atomic E-state index is 9.97. The molecule has 1 heterocycles. The minimum absolute atomic E-state index is 0.399. The Kier molecular flexibility index (Phi) is 0.957. The Bertz CT molecular complexity index is 210. The van der Waals surface area contributed by atoms with Crippen molar-refractivity contribution in [3.05, 3.63) is 16.8 Å². The SMILES string of the molecule is O=c1nnc(O)co1. The lowest BCUT2D eigenvalue weighted by molar-refractivity contribution is 0.376. The molecule has 5 heteroatoms. The first-order chi connectivity index (χ1) is 3.79. The minimum atomic E-state index is -0.817. The van der Waals surface area contributed by atoms with E-state index in [1.54, 1.807) is 0 Å². The van der Waals surface area contributed by atoms with Gasteiger partial charge in [0.25, 0.3) is 5.88 Å². The highest BCUT2D eigenvalue weighted by molar-refractivity contribution is 4.90.